The van der Waals surface area contributed by atoms with E-state index in [0.29, 0.717) is 0 Å². The van der Waals surface area contributed by atoms with Gasteiger partial charge in [0, 0.05) is 36.4 Å². The van der Waals surface area contributed by atoms with E-state index in [4.69, 9.17) is 4.42 Å². The number of hydrogen-bond donors (Lipinski definition) is 0. The number of thiophene rings is 1. The van der Waals surface area contributed by atoms with Crippen molar-refractivity contribution >= 4 is 107 Å². The summed E-state index contributed by atoms with van der Waals surface area (Å²) in [6.07, 6.45) is 0. The average Bonchev–Trinajstić information content (AvgIpc) is 3.93. The van der Waals surface area contributed by atoms with Crippen molar-refractivity contribution in [2.75, 3.05) is 0 Å². The number of furan rings is 1. The molecule has 0 saturated heterocycles. The van der Waals surface area contributed by atoms with Crippen molar-refractivity contribution in [3.63, 3.8) is 0 Å². The van der Waals surface area contributed by atoms with Crippen molar-refractivity contribution in [3.05, 3.63) is 193 Å². The molecule has 0 aliphatic heterocycles. The van der Waals surface area contributed by atoms with E-state index in [1.807, 2.05) is 11.3 Å². The largest absolute Gasteiger partial charge is 0.456 e. The van der Waals surface area contributed by atoms with Crippen LogP contribution in [-0.2, 0) is 5.41 Å². The molecule has 1 aliphatic rings. The molecule has 0 bridgehead atoms. The normalized spacial score (nSPS) is 13.5. The Morgan fingerprint density at radius 2 is 0.869 bits per heavy atom. The van der Waals surface area contributed by atoms with E-state index in [0.717, 1.165) is 21.9 Å². The zero-order valence-corrected chi connectivity index (χ0v) is 34.5. The monoisotopic (exact) mass is 792 g/mol. The molecule has 1 nitrogen and oxygen atoms in total. The summed E-state index contributed by atoms with van der Waals surface area (Å²) in [7, 11) is 0. The lowest BCUT2D eigenvalue weighted by Crippen LogP contribution is -2.15. The second-order valence-corrected chi connectivity index (χ2v) is 18.7. The summed E-state index contributed by atoms with van der Waals surface area (Å²) in [5, 5.41) is 17.9. The quantitative estimate of drug-likeness (QED) is 0.159. The van der Waals surface area contributed by atoms with Crippen LogP contribution in [0.25, 0.3) is 129 Å². The van der Waals surface area contributed by atoms with Gasteiger partial charge in [-0.05, 0) is 159 Å². The molecule has 14 rings (SSSR count). The van der Waals surface area contributed by atoms with Crippen molar-refractivity contribution < 1.29 is 4.42 Å². The zero-order valence-electron chi connectivity index (χ0n) is 33.6. The summed E-state index contributed by atoms with van der Waals surface area (Å²) < 4.78 is 9.16. The summed E-state index contributed by atoms with van der Waals surface area (Å²) in [6, 6.07) is 68.2. The smallest absolute Gasteiger partial charge is 0.135 e. The Morgan fingerprint density at radius 3 is 1.61 bits per heavy atom. The van der Waals surface area contributed by atoms with E-state index >= 15 is 0 Å². The van der Waals surface area contributed by atoms with Gasteiger partial charge in [-0.3, -0.25) is 0 Å². The van der Waals surface area contributed by atoms with Crippen molar-refractivity contribution in [3.8, 4) is 33.4 Å². The summed E-state index contributed by atoms with van der Waals surface area (Å²) in [5.74, 6) is 0. The second kappa shape index (κ2) is 11.9. The van der Waals surface area contributed by atoms with Crippen molar-refractivity contribution in [1.82, 2.24) is 0 Å². The topological polar surface area (TPSA) is 13.1 Å². The molecule has 0 atom stereocenters. The Hall–Kier alpha value is -7.26. The molecule has 0 N–H and O–H groups in total. The van der Waals surface area contributed by atoms with Crippen LogP contribution in [-0.4, -0.2) is 0 Å². The minimum Gasteiger partial charge on any atom is -0.456 e. The predicted octanol–water partition coefficient (Wildman–Crippen LogP) is 17.4. The van der Waals surface area contributed by atoms with Gasteiger partial charge in [0.1, 0.15) is 11.2 Å². The van der Waals surface area contributed by atoms with Gasteiger partial charge in [-0.1, -0.05) is 135 Å². The zero-order chi connectivity index (χ0) is 40.1. The summed E-state index contributed by atoms with van der Waals surface area (Å²) in [4.78, 5) is 0. The van der Waals surface area contributed by atoms with Crippen molar-refractivity contribution in [1.29, 1.82) is 0 Å². The highest BCUT2D eigenvalue weighted by Crippen LogP contribution is 2.52. The van der Waals surface area contributed by atoms with E-state index in [2.05, 4.69) is 196 Å². The van der Waals surface area contributed by atoms with Gasteiger partial charge in [0.25, 0.3) is 0 Å². The standard InChI is InChI=1S/C59H36OS/c1-59(2)52-22-17-33-9-5-6-12-40(33)58(52)44-21-16-39(29-53(44)59)38-19-24-55-49(27-38)48-26-37(18-23-54(48)60-55)36-15-20-43-45(25-36)41-13-7-8-14-42(41)47-32-57-51(31-46(43)47)50-28-34-10-3-4-11-35(34)30-56(50)61-57/h3-32H,1-2H3. The first kappa shape index (κ1) is 33.6. The van der Waals surface area contributed by atoms with E-state index < -0.39 is 0 Å². The van der Waals surface area contributed by atoms with Gasteiger partial charge in [-0.2, -0.15) is 0 Å². The molecule has 11 aromatic carbocycles. The molecular weight excluding hydrogens is 757 g/mol. The van der Waals surface area contributed by atoms with E-state index in [1.54, 1.807) is 0 Å². The van der Waals surface area contributed by atoms with Gasteiger partial charge >= 0.3 is 0 Å². The Kier molecular flexibility index (Phi) is 6.57. The van der Waals surface area contributed by atoms with E-state index in [-0.39, 0.29) is 5.41 Å². The van der Waals surface area contributed by atoms with Gasteiger partial charge in [0.15, 0.2) is 0 Å². The molecule has 0 saturated carbocycles. The van der Waals surface area contributed by atoms with Crippen LogP contribution < -0.4 is 0 Å². The maximum atomic E-state index is 6.48. The average molecular weight is 793 g/mol. The van der Waals surface area contributed by atoms with Gasteiger partial charge in [0.2, 0.25) is 0 Å². The molecule has 1 aliphatic carbocycles. The molecule has 13 aromatic rings. The lowest BCUT2D eigenvalue weighted by molar-refractivity contribution is 0.661. The van der Waals surface area contributed by atoms with Crippen LogP contribution in [0.2, 0.25) is 0 Å². The molecule has 0 unspecified atom stereocenters. The van der Waals surface area contributed by atoms with Crippen LogP contribution in [0.4, 0.5) is 0 Å². The maximum absolute atomic E-state index is 6.48. The van der Waals surface area contributed by atoms with Crippen LogP contribution in [0.15, 0.2) is 186 Å². The highest BCUT2D eigenvalue weighted by atomic mass is 32.1. The van der Waals surface area contributed by atoms with Crippen LogP contribution >= 0.6 is 11.3 Å². The van der Waals surface area contributed by atoms with Crippen LogP contribution in [0.5, 0.6) is 0 Å². The third-order valence-corrected chi connectivity index (χ3v) is 15.1. The fourth-order valence-corrected chi connectivity index (χ4v) is 12.1. The molecule has 0 amide bonds. The molecule has 2 heterocycles. The first-order valence-electron chi connectivity index (χ1n) is 21.2. The number of rotatable bonds is 2. The van der Waals surface area contributed by atoms with Crippen LogP contribution in [0.3, 0.4) is 0 Å². The molecular formula is C59H36OS. The lowest BCUT2D eigenvalue weighted by atomic mass is 9.81. The second-order valence-electron chi connectivity index (χ2n) is 17.6. The highest BCUT2D eigenvalue weighted by Gasteiger charge is 2.36. The number of fused-ring (bicyclic) bond motifs is 18. The third-order valence-electron chi connectivity index (χ3n) is 14.0. The van der Waals surface area contributed by atoms with Crippen LogP contribution in [0, 0.1) is 0 Å². The van der Waals surface area contributed by atoms with E-state index in [1.165, 1.54) is 119 Å². The minimum atomic E-state index is -0.0939. The first-order chi connectivity index (χ1) is 29.9. The Bertz CT molecular complexity index is 4080. The molecule has 0 fully saturated rings. The Labute approximate surface area is 355 Å². The first-order valence-corrected chi connectivity index (χ1v) is 22.0. The molecule has 284 valence electrons. The van der Waals surface area contributed by atoms with Crippen molar-refractivity contribution in [2.24, 2.45) is 0 Å². The summed E-state index contributed by atoms with van der Waals surface area (Å²) in [5.41, 5.74) is 12.0. The fourth-order valence-electron chi connectivity index (χ4n) is 10.9. The highest BCUT2D eigenvalue weighted by molar-refractivity contribution is 7.26. The Balaban J connectivity index is 0.906. The minimum absolute atomic E-state index is 0.0939. The van der Waals surface area contributed by atoms with Gasteiger partial charge in [-0.25, -0.2) is 0 Å². The van der Waals surface area contributed by atoms with Gasteiger partial charge < -0.3 is 4.42 Å². The molecule has 2 heteroatoms. The predicted molar refractivity (Wildman–Crippen MR) is 263 cm³/mol. The van der Waals surface area contributed by atoms with E-state index in [9.17, 15) is 0 Å². The lowest BCUT2D eigenvalue weighted by Gasteiger charge is -2.22. The number of hydrogen-bond acceptors (Lipinski definition) is 2. The molecule has 2 aromatic heterocycles. The number of benzene rings is 11. The molecule has 0 radical (unpaired) electrons. The van der Waals surface area contributed by atoms with Gasteiger partial charge in [-0.15, -0.1) is 11.3 Å². The van der Waals surface area contributed by atoms with Crippen LogP contribution in [0.1, 0.15) is 25.0 Å². The summed E-state index contributed by atoms with van der Waals surface area (Å²) >= 11 is 1.90. The molecule has 61 heavy (non-hydrogen) atoms. The Morgan fingerprint density at radius 1 is 0.344 bits per heavy atom. The van der Waals surface area contributed by atoms with Crippen molar-refractivity contribution in [2.45, 2.75) is 19.3 Å². The third kappa shape index (κ3) is 4.66. The fraction of sp³-hybridized carbons (Fsp3) is 0.0508. The summed E-state index contributed by atoms with van der Waals surface area (Å²) in [6.45, 7) is 4.74. The SMILES string of the molecule is CC1(C)c2cc(-c3ccc4oc5ccc(-c6ccc7c(c6)c6ccccc6c6cc8sc9cc%10ccccc%10cc9c8cc76)cc5c4c3)ccc2-c2c1ccc1ccccc21. The van der Waals surface area contributed by atoms with Gasteiger partial charge in [0.05, 0.1) is 0 Å². The maximum Gasteiger partial charge on any atom is 0.135 e. The molecule has 0 spiro atoms.